The Morgan fingerprint density at radius 3 is 2.47 bits per heavy atom. The van der Waals surface area contributed by atoms with Crippen molar-refractivity contribution in [1.29, 1.82) is 0 Å². The molecule has 0 unspecified atom stereocenters. The first-order chi connectivity index (χ1) is 8.29. The number of benzene rings is 1. The fourth-order valence-electron chi connectivity index (χ4n) is 2.45. The Labute approximate surface area is 104 Å². The van der Waals surface area contributed by atoms with Crippen LogP contribution in [0, 0.1) is 5.92 Å². The summed E-state index contributed by atoms with van der Waals surface area (Å²) in [5, 5.41) is 0. The number of piperidine rings is 1. The topological polar surface area (TPSA) is 38.5 Å². The van der Waals surface area contributed by atoms with Gasteiger partial charge in [-0.15, -0.1) is 0 Å². The van der Waals surface area contributed by atoms with E-state index in [4.69, 9.17) is 10.5 Å². The van der Waals surface area contributed by atoms with Crippen LogP contribution in [0.5, 0.6) is 0 Å². The first-order valence-corrected chi connectivity index (χ1v) is 6.39. The van der Waals surface area contributed by atoms with Gasteiger partial charge in [0.25, 0.3) is 0 Å². The molecule has 0 bridgehead atoms. The van der Waals surface area contributed by atoms with E-state index in [1.807, 2.05) is 12.1 Å². The van der Waals surface area contributed by atoms with E-state index in [9.17, 15) is 0 Å². The molecule has 2 N–H and O–H groups in total. The summed E-state index contributed by atoms with van der Waals surface area (Å²) in [5.41, 5.74) is 7.83. The predicted molar refractivity (Wildman–Crippen MR) is 72.3 cm³/mol. The molecule has 0 spiro atoms. The van der Waals surface area contributed by atoms with Crippen LogP contribution in [0.1, 0.15) is 19.3 Å². The fraction of sp³-hybridized carbons (Fsp3) is 0.571. The van der Waals surface area contributed by atoms with E-state index in [2.05, 4.69) is 17.0 Å². The van der Waals surface area contributed by atoms with Crippen LogP contribution < -0.4 is 10.6 Å². The number of hydrogen-bond acceptors (Lipinski definition) is 3. The number of nitrogen functional groups attached to an aromatic ring is 1. The van der Waals surface area contributed by atoms with Crippen LogP contribution in [0.25, 0.3) is 0 Å². The molecule has 0 radical (unpaired) electrons. The molecule has 1 aliphatic heterocycles. The Morgan fingerprint density at radius 1 is 1.24 bits per heavy atom. The van der Waals surface area contributed by atoms with Crippen molar-refractivity contribution in [3.63, 3.8) is 0 Å². The van der Waals surface area contributed by atoms with Gasteiger partial charge in [-0.1, -0.05) is 0 Å². The Bertz CT molecular complexity index is 329. The maximum atomic E-state index is 5.70. The van der Waals surface area contributed by atoms with E-state index in [-0.39, 0.29) is 0 Å². The second-order valence-corrected chi connectivity index (χ2v) is 4.80. The SMILES string of the molecule is COCCC1CCN(c2ccc(N)cc2)CC1. The summed E-state index contributed by atoms with van der Waals surface area (Å²) in [6, 6.07) is 8.19. The number of nitrogens with two attached hydrogens (primary N) is 1. The van der Waals surface area contributed by atoms with Gasteiger partial charge in [0, 0.05) is 38.2 Å². The molecule has 1 aromatic rings. The van der Waals surface area contributed by atoms with E-state index in [0.717, 1.165) is 31.3 Å². The Morgan fingerprint density at radius 2 is 1.88 bits per heavy atom. The zero-order chi connectivity index (χ0) is 12.1. The highest BCUT2D eigenvalue weighted by Gasteiger charge is 2.18. The maximum absolute atomic E-state index is 5.70. The van der Waals surface area contributed by atoms with Crippen molar-refractivity contribution in [3.8, 4) is 0 Å². The monoisotopic (exact) mass is 234 g/mol. The first kappa shape index (κ1) is 12.2. The molecule has 1 aliphatic rings. The summed E-state index contributed by atoms with van der Waals surface area (Å²) >= 11 is 0. The van der Waals surface area contributed by atoms with Gasteiger partial charge in [0.15, 0.2) is 0 Å². The fourth-order valence-corrected chi connectivity index (χ4v) is 2.45. The lowest BCUT2D eigenvalue weighted by Crippen LogP contribution is -2.33. The lowest BCUT2D eigenvalue weighted by atomic mass is 9.93. The highest BCUT2D eigenvalue weighted by atomic mass is 16.5. The van der Waals surface area contributed by atoms with E-state index in [1.165, 1.54) is 24.9 Å². The second-order valence-electron chi connectivity index (χ2n) is 4.80. The van der Waals surface area contributed by atoms with Crippen molar-refractivity contribution >= 4 is 11.4 Å². The third-order valence-electron chi connectivity index (χ3n) is 3.60. The van der Waals surface area contributed by atoms with E-state index < -0.39 is 0 Å². The van der Waals surface area contributed by atoms with Crippen LogP contribution in [-0.4, -0.2) is 26.8 Å². The number of ether oxygens (including phenoxy) is 1. The van der Waals surface area contributed by atoms with E-state index in [1.54, 1.807) is 7.11 Å². The Hall–Kier alpha value is -1.22. The lowest BCUT2D eigenvalue weighted by molar-refractivity contribution is 0.170. The summed E-state index contributed by atoms with van der Waals surface area (Å²) in [6.45, 7) is 3.20. The van der Waals surface area contributed by atoms with Crippen LogP contribution in [0.4, 0.5) is 11.4 Å². The van der Waals surface area contributed by atoms with Crippen molar-refractivity contribution in [2.75, 3.05) is 37.4 Å². The van der Waals surface area contributed by atoms with E-state index >= 15 is 0 Å². The summed E-state index contributed by atoms with van der Waals surface area (Å²) < 4.78 is 5.14. The van der Waals surface area contributed by atoms with Gasteiger partial charge in [0.1, 0.15) is 0 Å². The van der Waals surface area contributed by atoms with Crippen LogP contribution in [0.15, 0.2) is 24.3 Å². The van der Waals surface area contributed by atoms with Gasteiger partial charge < -0.3 is 15.4 Å². The molecule has 0 aliphatic carbocycles. The average molecular weight is 234 g/mol. The van der Waals surface area contributed by atoms with Gasteiger partial charge in [-0.3, -0.25) is 0 Å². The van der Waals surface area contributed by atoms with Crippen molar-refractivity contribution in [1.82, 2.24) is 0 Å². The number of hydrogen-bond donors (Lipinski definition) is 1. The molecule has 2 rings (SSSR count). The van der Waals surface area contributed by atoms with Gasteiger partial charge in [-0.05, 0) is 49.4 Å². The number of anilines is 2. The van der Waals surface area contributed by atoms with Crippen molar-refractivity contribution in [2.45, 2.75) is 19.3 Å². The minimum Gasteiger partial charge on any atom is -0.399 e. The van der Waals surface area contributed by atoms with Gasteiger partial charge in [0.2, 0.25) is 0 Å². The second kappa shape index (κ2) is 5.92. The van der Waals surface area contributed by atoms with Crippen molar-refractivity contribution in [3.05, 3.63) is 24.3 Å². The molecule has 1 aromatic carbocycles. The molecule has 1 fully saturated rings. The van der Waals surface area contributed by atoms with Crippen LogP contribution in [0.2, 0.25) is 0 Å². The summed E-state index contributed by atoms with van der Waals surface area (Å²) in [4.78, 5) is 2.45. The normalized spacial score (nSPS) is 17.4. The van der Waals surface area contributed by atoms with Gasteiger partial charge in [0.05, 0.1) is 0 Å². The largest absolute Gasteiger partial charge is 0.399 e. The molecule has 3 heteroatoms. The first-order valence-electron chi connectivity index (χ1n) is 6.39. The minimum atomic E-state index is 0.833. The molecular formula is C14H22N2O. The molecule has 0 amide bonds. The molecule has 0 atom stereocenters. The molecule has 3 nitrogen and oxygen atoms in total. The predicted octanol–water partition coefficient (Wildman–Crippen LogP) is 2.52. The summed E-state index contributed by atoms with van der Waals surface area (Å²) in [7, 11) is 1.78. The molecule has 1 saturated heterocycles. The molecule has 0 saturated carbocycles. The third-order valence-corrected chi connectivity index (χ3v) is 3.60. The third kappa shape index (κ3) is 3.37. The lowest BCUT2D eigenvalue weighted by Gasteiger charge is -2.33. The maximum Gasteiger partial charge on any atom is 0.0464 e. The van der Waals surface area contributed by atoms with Crippen LogP contribution in [0.3, 0.4) is 0 Å². The number of methoxy groups -OCH3 is 1. The summed E-state index contributed by atoms with van der Waals surface area (Å²) in [5.74, 6) is 0.833. The van der Waals surface area contributed by atoms with E-state index in [0.29, 0.717) is 0 Å². The number of nitrogens with zero attached hydrogens (tertiary/aromatic N) is 1. The Kier molecular flexibility index (Phi) is 4.26. The van der Waals surface area contributed by atoms with Gasteiger partial charge in [-0.25, -0.2) is 0 Å². The smallest absolute Gasteiger partial charge is 0.0464 e. The molecular weight excluding hydrogens is 212 g/mol. The zero-order valence-electron chi connectivity index (χ0n) is 10.6. The highest BCUT2D eigenvalue weighted by Crippen LogP contribution is 2.25. The van der Waals surface area contributed by atoms with Crippen molar-refractivity contribution < 1.29 is 4.74 Å². The van der Waals surface area contributed by atoms with Crippen LogP contribution >= 0.6 is 0 Å². The standard InChI is InChI=1S/C14H22N2O/c1-17-11-8-12-6-9-16(10-7-12)14-4-2-13(15)3-5-14/h2-5,12H,6-11,15H2,1H3. The quantitative estimate of drug-likeness (QED) is 0.814. The Balaban J connectivity index is 1.84. The summed E-state index contributed by atoms with van der Waals surface area (Å²) in [6.07, 6.45) is 3.74. The molecule has 1 heterocycles. The average Bonchev–Trinajstić information content (AvgIpc) is 2.38. The zero-order valence-corrected chi connectivity index (χ0v) is 10.6. The van der Waals surface area contributed by atoms with Crippen molar-refractivity contribution in [2.24, 2.45) is 5.92 Å². The van der Waals surface area contributed by atoms with Crippen LogP contribution in [-0.2, 0) is 4.74 Å². The highest BCUT2D eigenvalue weighted by molar-refractivity contribution is 5.53. The molecule has 17 heavy (non-hydrogen) atoms. The minimum absolute atomic E-state index is 0.833. The van der Waals surface area contributed by atoms with Gasteiger partial charge >= 0.3 is 0 Å². The van der Waals surface area contributed by atoms with Gasteiger partial charge in [-0.2, -0.15) is 0 Å². The molecule has 94 valence electrons. The molecule has 0 aromatic heterocycles. The number of rotatable bonds is 4.